The largest absolute Gasteiger partial charge is 0.484 e. The number of hydrogen-bond donors (Lipinski definition) is 1. The molecule has 164 valence electrons. The highest BCUT2D eigenvalue weighted by Gasteiger charge is 2.19. The standard InChI is InChI=1S/C23H22ClN5O3/c1-28(2)18-9-5-16(6-10-18)14-25-23-26-22(20-4-3-13-31-20)27-29(23)21(30)15-32-19-11-7-17(24)8-12-19/h3-13H,14-15H2,1-2H3,(H,25,26,27). The molecule has 0 spiro atoms. The van der Waals surface area contributed by atoms with Gasteiger partial charge >= 0.3 is 0 Å². The maximum Gasteiger partial charge on any atom is 0.287 e. The second-order valence-corrected chi connectivity index (χ2v) is 7.64. The van der Waals surface area contributed by atoms with Crippen LogP contribution in [0.1, 0.15) is 10.4 Å². The highest BCUT2D eigenvalue weighted by Crippen LogP contribution is 2.20. The molecule has 0 aliphatic carbocycles. The van der Waals surface area contributed by atoms with Gasteiger partial charge in [-0.1, -0.05) is 23.7 Å². The van der Waals surface area contributed by atoms with Crippen molar-refractivity contribution in [2.45, 2.75) is 6.54 Å². The molecule has 0 aliphatic rings. The van der Waals surface area contributed by atoms with Gasteiger partial charge in [0.1, 0.15) is 5.75 Å². The molecule has 32 heavy (non-hydrogen) atoms. The first-order chi connectivity index (χ1) is 15.5. The number of halogens is 1. The molecule has 2 aromatic carbocycles. The number of rotatable bonds is 8. The zero-order valence-electron chi connectivity index (χ0n) is 17.7. The predicted molar refractivity (Wildman–Crippen MR) is 123 cm³/mol. The molecule has 0 saturated carbocycles. The highest BCUT2D eigenvalue weighted by atomic mass is 35.5. The lowest BCUT2D eigenvalue weighted by Crippen LogP contribution is -2.22. The summed E-state index contributed by atoms with van der Waals surface area (Å²) in [6.45, 7) is 0.254. The van der Waals surface area contributed by atoms with Crippen LogP contribution in [0.4, 0.5) is 11.6 Å². The van der Waals surface area contributed by atoms with Crippen LogP contribution < -0.4 is 15.0 Å². The van der Waals surface area contributed by atoms with Crippen LogP contribution in [0.2, 0.25) is 5.02 Å². The van der Waals surface area contributed by atoms with Gasteiger partial charge in [-0.05, 0) is 54.1 Å². The van der Waals surface area contributed by atoms with Crippen LogP contribution in [-0.4, -0.2) is 41.4 Å². The third-order valence-electron chi connectivity index (χ3n) is 4.66. The first-order valence-corrected chi connectivity index (χ1v) is 10.3. The van der Waals surface area contributed by atoms with E-state index < -0.39 is 0 Å². The quantitative estimate of drug-likeness (QED) is 0.419. The number of anilines is 2. The third kappa shape index (κ3) is 5.09. The lowest BCUT2D eigenvalue weighted by Gasteiger charge is -2.13. The summed E-state index contributed by atoms with van der Waals surface area (Å²) < 4.78 is 12.2. The molecule has 0 aliphatic heterocycles. The molecule has 0 fully saturated rings. The number of nitrogens with one attached hydrogen (secondary N) is 1. The number of carbonyl (C=O) groups is 1. The molecular weight excluding hydrogens is 430 g/mol. The summed E-state index contributed by atoms with van der Waals surface area (Å²) in [6, 6.07) is 18.3. The third-order valence-corrected chi connectivity index (χ3v) is 4.92. The molecule has 4 aromatic rings. The van der Waals surface area contributed by atoms with Gasteiger partial charge in [-0.15, -0.1) is 5.10 Å². The topological polar surface area (TPSA) is 85.4 Å². The summed E-state index contributed by atoms with van der Waals surface area (Å²) in [7, 11) is 3.98. The Labute approximate surface area is 190 Å². The minimum atomic E-state index is -0.379. The van der Waals surface area contributed by atoms with Crippen LogP contribution >= 0.6 is 11.6 Å². The van der Waals surface area contributed by atoms with E-state index in [9.17, 15) is 4.79 Å². The van der Waals surface area contributed by atoms with E-state index in [2.05, 4.69) is 15.4 Å². The van der Waals surface area contributed by atoms with Gasteiger partial charge in [0.05, 0.1) is 6.26 Å². The Kier molecular flexibility index (Phi) is 6.42. The number of carbonyl (C=O) groups excluding carboxylic acids is 1. The number of benzene rings is 2. The van der Waals surface area contributed by atoms with Gasteiger partial charge in [0.2, 0.25) is 11.8 Å². The van der Waals surface area contributed by atoms with Crippen molar-refractivity contribution in [3.05, 3.63) is 77.5 Å². The Morgan fingerprint density at radius 3 is 2.53 bits per heavy atom. The van der Waals surface area contributed by atoms with Crippen LogP contribution in [0.25, 0.3) is 11.6 Å². The van der Waals surface area contributed by atoms with Crippen molar-refractivity contribution >= 4 is 29.1 Å². The fraction of sp³-hybridized carbons (Fsp3) is 0.174. The van der Waals surface area contributed by atoms with Crippen LogP contribution in [0.15, 0.2) is 71.3 Å². The zero-order valence-corrected chi connectivity index (χ0v) is 18.4. The highest BCUT2D eigenvalue weighted by molar-refractivity contribution is 6.30. The molecule has 0 unspecified atom stereocenters. The smallest absolute Gasteiger partial charge is 0.287 e. The monoisotopic (exact) mass is 451 g/mol. The van der Waals surface area contributed by atoms with Gasteiger partial charge in [0.15, 0.2) is 12.4 Å². The molecule has 1 N–H and O–H groups in total. The van der Waals surface area contributed by atoms with E-state index in [1.165, 1.54) is 10.9 Å². The fourth-order valence-electron chi connectivity index (χ4n) is 2.94. The average Bonchev–Trinajstić information content (AvgIpc) is 3.47. The van der Waals surface area contributed by atoms with Gasteiger partial charge in [0, 0.05) is 31.4 Å². The molecular formula is C23H22ClN5O3. The lowest BCUT2D eigenvalue weighted by atomic mass is 10.2. The Balaban J connectivity index is 1.50. The van der Waals surface area contributed by atoms with Gasteiger partial charge < -0.3 is 19.4 Å². The molecule has 0 radical (unpaired) electrons. The van der Waals surface area contributed by atoms with Crippen molar-refractivity contribution in [2.75, 3.05) is 30.9 Å². The SMILES string of the molecule is CN(C)c1ccc(CNc2nc(-c3ccco3)nn2C(=O)COc2ccc(Cl)cc2)cc1. The molecule has 8 nitrogen and oxygen atoms in total. The number of ether oxygens (including phenoxy) is 1. The molecule has 4 rings (SSSR count). The Bertz CT molecular complexity index is 1170. The molecule has 0 amide bonds. The van der Waals surface area contributed by atoms with Crippen molar-refractivity contribution in [3.8, 4) is 17.3 Å². The number of hydrogen-bond acceptors (Lipinski definition) is 7. The summed E-state index contributed by atoms with van der Waals surface area (Å²) in [4.78, 5) is 19.3. The molecule has 2 heterocycles. The summed E-state index contributed by atoms with van der Waals surface area (Å²) in [5.74, 6) is 1.23. The van der Waals surface area contributed by atoms with E-state index >= 15 is 0 Å². The Morgan fingerprint density at radius 2 is 1.88 bits per heavy atom. The van der Waals surface area contributed by atoms with Crippen molar-refractivity contribution in [3.63, 3.8) is 0 Å². The van der Waals surface area contributed by atoms with E-state index in [0.29, 0.717) is 34.8 Å². The average molecular weight is 452 g/mol. The van der Waals surface area contributed by atoms with E-state index in [-0.39, 0.29) is 12.5 Å². The summed E-state index contributed by atoms with van der Waals surface area (Å²) in [6.07, 6.45) is 1.53. The molecule has 0 saturated heterocycles. The minimum Gasteiger partial charge on any atom is -0.484 e. The summed E-state index contributed by atoms with van der Waals surface area (Å²) in [5, 5.41) is 8.10. The minimum absolute atomic E-state index is 0.213. The second kappa shape index (κ2) is 9.57. The zero-order chi connectivity index (χ0) is 22.5. The van der Waals surface area contributed by atoms with Gasteiger partial charge in [-0.2, -0.15) is 9.67 Å². The van der Waals surface area contributed by atoms with Crippen molar-refractivity contribution in [1.29, 1.82) is 0 Å². The molecule has 0 bridgehead atoms. The van der Waals surface area contributed by atoms with Crippen LogP contribution in [0.5, 0.6) is 5.75 Å². The van der Waals surface area contributed by atoms with Crippen LogP contribution in [-0.2, 0) is 6.54 Å². The van der Waals surface area contributed by atoms with Crippen molar-refractivity contribution < 1.29 is 13.9 Å². The van der Waals surface area contributed by atoms with E-state index in [1.54, 1.807) is 36.4 Å². The van der Waals surface area contributed by atoms with E-state index in [4.69, 9.17) is 20.8 Å². The maximum atomic E-state index is 12.9. The van der Waals surface area contributed by atoms with E-state index in [1.807, 2.05) is 43.3 Å². The molecule has 0 atom stereocenters. The number of furan rings is 1. The van der Waals surface area contributed by atoms with Crippen molar-refractivity contribution in [1.82, 2.24) is 14.8 Å². The second-order valence-electron chi connectivity index (χ2n) is 7.20. The molecule has 9 heteroatoms. The first-order valence-electron chi connectivity index (χ1n) is 9.92. The van der Waals surface area contributed by atoms with Gasteiger partial charge in [-0.3, -0.25) is 4.79 Å². The summed E-state index contributed by atoms with van der Waals surface area (Å²) >= 11 is 5.89. The van der Waals surface area contributed by atoms with Crippen LogP contribution in [0.3, 0.4) is 0 Å². The van der Waals surface area contributed by atoms with Crippen LogP contribution in [0, 0.1) is 0 Å². The Morgan fingerprint density at radius 1 is 1.12 bits per heavy atom. The number of aromatic nitrogens is 3. The van der Waals surface area contributed by atoms with E-state index in [0.717, 1.165) is 11.3 Å². The number of nitrogens with zero attached hydrogens (tertiary/aromatic N) is 4. The predicted octanol–water partition coefficient (Wildman–Crippen LogP) is 4.59. The summed E-state index contributed by atoms with van der Waals surface area (Å²) in [5.41, 5.74) is 2.14. The van der Waals surface area contributed by atoms with Crippen molar-refractivity contribution in [2.24, 2.45) is 0 Å². The molecule has 2 aromatic heterocycles. The first kappa shape index (κ1) is 21.5. The van der Waals surface area contributed by atoms with Gasteiger partial charge in [-0.25, -0.2) is 0 Å². The normalized spacial score (nSPS) is 10.7. The lowest BCUT2D eigenvalue weighted by molar-refractivity contribution is 0.0824. The maximum absolute atomic E-state index is 12.9. The van der Waals surface area contributed by atoms with Gasteiger partial charge in [0.25, 0.3) is 5.91 Å². The fourth-order valence-corrected chi connectivity index (χ4v) is 3.07. The Hall–Kier alpha value is -3.78.